The fraction of sp³-hybridized carbons (Fsp3) is 0.333. The molecule has 1 saturated heterocycles. The molecule has 3 atom stereocenters. The van der Waals surface area contributed by atoms with E-state index >= 15 is 0 Å². The SMILES string of the molecule is N[C@H](C(=O)Nc1c(F)cccc1OC[C@@H]1CN[C@H](COC(=O)NCC(F)(F)F)CO1)C(c1ccc(F)cc1)c1ccc(F)cc1. The fourth-order valence-electron chi connectivity index (χ4n) is 4.52. The summed E-state index contributed by atoms with van der Waals surface area (Å²) >= 11 is 0. The van der Waals surface area contributed by atoms with E-state index in [9.17, 15) is 35.9 Å². The molecule has 1 aliphatic rings. The van der Waals surface area contributed by atoms with Gasteiger partial charge in [0.15, 0.2) is 5.82 Å². The molecule has 3 aromatic rings. The van der Waals surface area contributed by atoms with Crippen molar-refractivity contribution in [1.29, 1.82) is 0 Å². The second-order valence-corrected chi connectivity index (χ2v) is 10.1. The minimum Gasteiger partial charge on any atom is -0.489 e. The molecule has 242 valence electrons. The molecular formula is C30H30F6N4O5. The predicted molar refractivity (Wildman–Crippen MR) is 150 cm³/mol. The van der Waals surface area contributed by atoms with Gasteiger partial charge in [-0.3, -0.25) is 4.79 Å². The highest BCUT2D eigenvalue weighted by molar-refractivity contribution is 5.97. The number of hydrogen-bond donors (Lipinski definition) is 4. The summed E-state index contributed by atoms with van der Waals surface area (Å²) in [5.41, 5.74) is 7.02. The van der Waals surface area contributed by atoms with Crippen LogP contribution < -0.4 is 26.4 Å². The number of alkyl carbamates (subject to hydrolysis) is 1. The van der Waals surface area contributed by atoms with E-state index in [4.69, 9.17) is 19.9 Å². The summed E-state index contributed by atoms with van der Waals surface area (Å²) in [5, 5.41) is 7.08. The summed E-state index contributed by atoms with van der Waals surface area (Å²) in [6, 6.07) is 12.7. The van der Waals surface area contributed by atoms with E-state index in [-0.39, 0.29) is 37.8 Å². The van der Waals surface area contributed by atoms with E-state index in [0.29, 0.717) is 11.1 Å². The first-order chi connectivity index (χ1) is 21.4. The number of anilines is 1. The van der Waals surface area contributed by atoms with Gasteiger partial charge in [-0.25, -0.2) is 18.0 Å². The lowest BCUT2D eigenvalue weighted by atomic mass is 9.85. The number of carbonyl (C=O) groups is 2. The van der Waals surface area contributed by atoms with Crippen LogP contribution in [-0.4, -0.2) is 69.3 Å². The van der Waals surface area contributed by atoms with Gasteiger partial charge in [0.2, 0.25) is 5.91 Å². The molecule has 2 amide bonds. The Hall–Kier alpha value is -4.34. The number of rotatable bonds is 11. The summed E-state index contributed by atoms with van der Waals surface area (Å²) in [4.78, 5) is 24.8. The third-order valence-electron chi connectivity index (χ3n) is 6.78. The van der Waals surface area contributed by atoms with Gasteiger partial charge >= 0.3 is 12.3 Å². The van der Waals surface area contributed by atoms with Crippen LogP contribution in [0.3, 0.4) is 0 Å². The molecule has 0 saturated carbocycles. The fourth-order valence-corrected chi connectivity index (χ4v) is 4.52. The highest BCUT2D eigenvalue weighted by atomic mass is 19.4. The summed E-state index contributed by atoms with van der Waals surface area (Å²) in [6.45, 7) is -1.60. The monoisotopic (exact) mass is 640 g/mol. The van der Waals surface area contributed by atoms with Crippen LogP contribution in [0.1, 0.15) is 17.0 Å². The van der Waals surface area contributed by atoms with Crippen molar-refractivity contribution in [3.8, 4) is 5.75 Å². The van der Waals surface area contributed by atoms with Gasteiger partial charge < -0.3 is 35.9 Å². The lowest BCUT2D eigenvalue weighted by Crippen LogP contribution is -2.51. The van der Waals surface area contributed by atoms with E-state index < -0.39 is 66.3 Å². The summed E-state index contributed by atoms with van der Waals surface area (Å²) in [5.74, 6) is -3.46. The van der Waals surface area contributed by atoms with Gasteiger partial charge in [-0.05, 0) is 47.5 Å². The Labute approximate surface area is 254 Å². The summed E-state index contributed by atoms with van der Waals surface area (Å²) < 4.78 is 94.9. The molecule has 0 aromatic heterocycles. The number of para-hydroxylation sites is 1. The van der Waals surface area contributed by atoms with Crippen molar-refractivity contribution in [2.45, 2.75) is 30.3 Å². The second kappa shape index (κ2) is 15.1. The number of carbonyl (C=O) groups excluding carboxylic acids is 2. The van der Waals surface area contributed by atoms with Crippen LogP contribution in [0.4, 0.5) is 36.8 Å². The molecule has 15 heteroatoms. The van der Waals surface area contributed by atoms with Crippen LogP contribution in [0.5, 0.6) is 5.75 Å². The Balaban J connectivity index is 1.35. The van der Waals surface area contributed by atoms with Crippen molar-refractivity contribution in [2.75, 3.05) is 38.2 Å². The lowest BCUT2D eigenvalue weighted by Gasteiger charge is -2.30. The first kappa shape index (κ1) is 33.6. The third-order valence-corrected chi connectivity index (χ3v) is 6.78. The minimum absolute atomic E-state index is 0.0222. The summed E-state index contributed by atoms with van der Waals surface area (Å²) in [6.07, 6.45) is -6.33. The molecule has 45 heavy (non-hydrogen) atoms. The van der Waals surface area contributed by atoms with Crippen molar-refractivity contribution >= 4 is 17.7 Å². The van der Waals surface area contributed by atoms with Crippen molar-refractivity contribution in [3.63, 3.8) is 0 Å². The van der Waals surface area contributed by atoms with Gasteiger partial charge in [-0.1, -0.05) is 30.3 Å². The number of nitrogens with one attached hydrogen (secondary N) is 3. The third kappa shape index (κ3) is 9.83. The average molecular weight is 641 g/mol. The maximum Gasteiger partial charge on any atom is 0.407 e. The van der Waals surface area contributed by atoms with Gasteiger partial charge in [0.05, 0.1) is 18.7 Å². The zero-order valence-corrected chi connectivity index (χ0v) is 23.6. The van der Waals surface area contributed by atoms with Crippen LogP contribution in [0.25, 0.3) is 0 Å². The van der Waals surface area contributed by atoms with Crippen molar-refractivity contribution in [2.24, 2.45) is 5.73 Å². The zero-order chi connectivity index (χ0) is 32.6. The van der Waals surface area contributed by atoms with E-state index in [2.05, 4.69) is 10.6 Å². The Bertz CT molecular complexity index is 1390. The number of morpholine rings is 1. The van der Waals surface area contributed by atoms with Crippen LogP contribution in [0.15, 0.2) is 66.7 Å². The molecule has 3 aromatic carbocycles. The normalized spacial score (nSPS) is 17.4. The van der Waals surface area contributed by atoms with Gasteiger partial charge in [0.25, 0.3) is 0 Å². The van der Waals surface area contributed by atoms with E-state index in [0.717, 1.165) is 6.07 Å². The number of benzene rings is 3. The highest BCUT2D eigenvalue weighted by Crippen LogP contribution is 2.31. The van der Waals surface area contributed by atoms with Crippen LogP contribution in [0, 0.1) is 17.5 Å². The largest absolute Gasteiger partial charge is 0.489 e. The number of amides is 2. The molecule has 0 spiro atoms. The molecule has 1 aliphatic heterocycles. The van der Waals surface area contributed by atoms with Crippen molar-refractivity contribution in [3.05, 3.63) is 95.3 Å². The molecule has 5 N–H and O–H groups in total. The Morgan fingerprint density at radius 1 is 0.956 bits per heavy atom. The minimum atomic E-state index is -4.56. The lowest BCUT2D eigenvalue weighted by molar-refractivity contribution is -0.124. The predicted octanol–water partition coefficient (Wildman–Crippen LogP) is 4.23. The average Bonchev–Trinajstić information content (AvgIpc) is 3.01. The van der Waals surface area contributed by atoms with Crippen LogP contribution in [0.2, 0.25) is 0 Å². The zero-order valence-electron chi connectivity index (χ0n) is 23.6. The van der Waals surface area contributed by atoms with Gasteiger partial charge in [-0.2, -0.15) is 13.2 Å². The standard InChI is InChI=1S/C30H30F6N4O5/c31-19-8-4-17(5-9-19)25(18-6-10-20(32)11-7-18)26(37)28(41)40-27-23(33)2-1-3-24(27)44-15-22-12-38-21(13-43-22)14-45-29(42)39-16-30(34,35)36/h1-11,21-22,25-26,38H,12-16,37H2,(H,39,42)(H,40,41)/t21-,22-,26-/m0/s1. The first-order valence-electron chi connectivity index (χ1n) is 13.7. The Morgan fingerprint density at radius 2 is 1.58 bits per heavy atom. The van der Waals surface area contributed by atoms with E-state index in [1.54, 1.807) is 5.32 Å². The van der Waals surface area contributed by atoms with Crippen molar-refractivity contribution < 1.29 is 50.1 Å². The molecule has 1 fully saturated rings. The number of ether oxygens (including phenoxy) is 3. The van der Waals surface area contributed by atoms with Gasteiger partial charge in [0, 0.05) is 12.5 Å². The Kier molecular flexibility index (Phi) is 11.3. The summed E-state index contributed by atoms with van der Waals surface area (Å²) in [7, 11) is 0. The van der Waals surface area contributed by atoms with Crippen molar-refractivity contribution in [1.82, 2.24) is 10.6 Å². The van der Waals surface area contributed by atoms with Gasteiger partial charge in [-0.15, -0.1) is 0 Å². The molecule has 1 heterocycles. The maximum absolute atomic E-state index is 14.9. The smallest absolute Gasteiger partial charge is 0.407 e. The number of halogens is 6. The molecule has 0 unspecified atom stereocenters. The molecular weight excluding hydrogens is 610 g/mol. The second-order valence-electron chi connectivity index (χ2n) is 10.1. The molecule has 4 rings (SSSR count). The Morgan fingerprint density at radius 3 is 2.13 bits per heavy atom. The van der Waals surface area contributed by atoms with E-state index in [1.807, 2.05) is 0 Å². The first-order valence-corrected chi connectivity index (χ1v) is 13.7. The topological polar surface area (TPSA) is 124 Å². The molecule has 0 bridgehead atoms. The van der Waals surface area contributed by atoms with Gasteiger partial charge in [0.1, 0.15) is 48.9 Å². The number of hydrogen-bond acceptors (Lipinski definition) is 7. The van der Waals surface area contributed by atoms with Crippen LogP contribution >= 0.6 is 0 Å². The molecule has 0 radical (unpaired) electrons. The molecule has 0 aliphatic carbocycles. The van der Waals surface area contributed by atoms with Crippen LogP contribution in [-0.2, 0) is 14.3 Å². The quantitative estimate of drug-likeness (QED) is 0.232. The maximum atomic E-state index is 14.9. The van der Waals surface area contributed by atoms with E-state index in [1.165, 1.54) is 60.7 Å². The number of alkyl halides is 3. The number of nitrogens with two attached hydrogens (primary N) is 1. The highest BCUT2D eigenvalue weighted by Gasteiger charge is 2.31. The molecule has 9 nitrogen and oxygen atoms in total.